The number of anilines is 2. The SMILES string of the molecule is CCc1ccc(NC(=O)C[NH+]2CCN(c3ccc([N+](=O)[O-])cc3)CC2)cc1. The van der Waals surface area contributed by atoms with Gasteiger partial charge in [0.15, 0.2) is 6.54 Å². The van der Waals surface area contributed by atoms with E-state index in [2.05, 4.69) is 17.1 Å². The van der Waals surface area contributed by atoms with E-state index < -0.39 is 0 Å². The molecule has 1 amide bonds. The number of rotatable bonds is 6. The van der Waals surface area contributed by atoms with Gasteiger partial charge in [-0.25, -0.2) is 0 Å². The van der Waals surface area contributed by atoms with Crippen LogP contribution in [0.2, 0.25) is 0 Å². The van der Waals surface area contributed by atoms with Crippen LogP contribution in [0.5, 0.6) is 0 Å². The number of carbonyl (C=O) groups excluding carboxylic acids is 1. The van der Waals surface area contributed by atoms with E-state index in [0.29, 0.717) is 6.54 Å². The number of hydrogen-bond donors (Lipinski definition) is 2. The smallest absolute Gasteiger partial charge is 0.279 e. The van der Waals surface area contributed by atoms with Gasteiger partial charge in [0, 0.05) is 23.5 Å². The first-order valence-electron chi connectivity index (χ1n) is 9.27. The van der Waals surface area contributed by atoms with E-state index in [1.54, 1.807) is 12.1 Å². The van der Waals surface area contributed by atoms with E-state index in [4.69, 9.17) is 0 Å². The molecule has 7 nitrogen and oxygen atoms in total. The Morgan fingerprint density at radius 3 is 2.30 bits per heavy atom. The number of amides is 1. The van der Waals surface area contributed by atoms with Gasteiger partial charge in [-0.05, 0) is 36.2 Å². The van der Waals surface area contributed by atoms with Crippen molar-refractivity contribution in [2.75, 3.05) is 42.9 Å². The van der Waals surface area contributed by atoms with E-state index >= 15 is 0 Å². The molecule has 2 aromatic rings. The monoisotopic (exact) mass is 369 g/mol. The number of benzene rings is 2. The van der Waals surface area contributed by atoms with Crippen LogP contribution >= 0.6 is 0 Å². The van der Waals surface area contributed by atoms with Gasteiger partial charge in [0.1, 0.15) is 0 Å². The highest BCUT2D eigenvalue weighted by molar-refractivity contribution is 5.91. The highest BCUT2D eigenvalue weighted by atomic mass is 16.6. The summed E-state index contributed by atoms with van der Waals surface area (Å²) in [6.07, 6.45) is 0.984. The topological polar surface area (TPSA) is 79.9 Å². The molecule has 7 heteroatoms. The van der Waals surface area contributed by atoms with E-state index in [1.165, 1.54) is 22.6 Å². The fourth-order valence-electron chi connectivity index (χ4n) is 3.30. The Kier molecular flexibility index (Phi) is 6.03. The largest absolute Gasteiger partial charge is 0.360 e. The summed E-state index contributed by atoms with van der Waals surface area (Å²) in [5.74, 6) is 0.0260. The van der Waals surface area contributed by atoms with Crippen molar-refractivity contribution in [2.24, 2.45) is 0 Å². The van der Waals surface area contributed by atoms with Gasteiger partial charge in [-0.3, -0.25) is 14.9 Å². The number of nitro benzene ring substituents is 1. The maximum absolute atomic E-state index is 12.3. The summed E-state index contributed by atoms with van der Waals surface area (Å²) in [5, 5.41) is 13.7. The Hall–Kier alpha value is -2.93. The van der Waals surface area contributed by atoms with Crippen LogP contribution in [-0.4, -0.2) is 43.6 Å². The first kappa shape index (κ1) is 18.8. The molecule has 0 aromatic heterocycles. The average molecular weight is 369 g/mol. The van der Waals surface area contributed by atoms with Crippen molar-refractivity contribution >= 4 is 23.0 Å². The Balaban J connectivity index is 1.47. The third kappa shape index (κ3) is 5.04. The molecule has 27 heavy (non-hydrogen) atoms. The molecule has 2 N–H and O–H groups in total. The molecule has 0 aliphatic carbocycles. The summed E-state index contributed by atoms with van der Waals surface area (Å²) in [5.41, 5.74) is 3.17. The molecule has 3 rings (SSSR count). The molecule has 0 bridgehead atoms. The quantitative estimate of drug-likeness (QED) is 0.597. The molecular formula is C20H25N4O3+. The molecule has 0 unspecified atom stereocenters. The second-order valence-corrected chi connectivity index (χ2v) is 6.79. The van der Waals surface area contributed by atoms with Crippen molar-refractivity contribution in [2.45, 2.75) is 13.3 Å². The predicted molar refractivity (Wildman–Crippen MR) is 105 cm³/mol. The molecule has 1 saturated heterocycles. The van der Waals surface area contributed by atoms with E-state index in [1.807, 2.05) is 24.3 Å². The molecule has 1 heterocycles. The van der Waals surface area contributed by atoms with Crippen molar-refractivity contribution in [3.05, 3.63) is 64.2 Å². The third-order valence-corrected chi connectivity index (χ3v) is 4.95. The molecule has 0 saturated carbocycles. The molecule has 1 aliphatic rings. The zero-order chi connectivity index (χ0) is 19.2. The number of nitrogens with one attached hydrogen (secondary N) is 2. The normalized spacial score (nSPS) is 14.8. The predicted octanol–water partition coefficient (Wildman–Crippen LogP) is 1.50. The lowest BCUT2D eigenvalue weighted by molar-refractivity contribution is -0.892. The first-order valence-corrected chi connectivity index (χ1v) is 9.27. The Bertz CT molecular complexity index is 782. The van der Waals surface area contributed by atoms with Gasteiger partial charge in [0.2, 0.25) is 0 Å². The van der Waals surface area contributed by atoms with Gasteiger partial charge in [-0.15, -0.1) is 0 Å². The Morgan fingerprint density at radius 2 is 1.74 bits per heavy atom. The lowest BCUT2D eigenvalue weighted by Gasteiger charge is -2.33. The Labute approximate surface area is 158 Å². The lowest BCUT2D eigenvalue weighted by Crippen LogP contribution is -3.15. The number of nitro groups is 1. The van der Waals surface area contributed by atoms with Crippen LogP contribution in [-0.2, 0) is 11.2 Å². The number of quaternary nitrogens is 1. The van der Waals surface area contributed by atoms with Gasteiger partial charge in [-0.1, -0.05) is 19.1 Å². The van der Waals surface area contributed by atoms with Gasteiger partial charge in [0.25, 0.3) is 11.6 Å². The number of aryl methyl sites for hydroxylation is 1. The van der Waals surface area contributed by atoms with E-state index in [0.717, 1.165) is 44.0 Å². The van der Waals surface area contributed by atoms with Crippen molar-refractivity contribution < 1.29 is 14.6 Å². The van der Waals surface area contributed by atoms with Crippen LogP contribution < -0.4 is 15.1 Å². The standard InChI is InChI=1S/C20H24N4O3/c1-2-16-3-5-17(6-4-16)21-20(25)15-22-11-13-23(14-12-22)18-7-9-19(10-8-18)24(26)27/h3-10H,2,11-15H2,1H3,(H,21,25)/p+1. The van der Waals surface area contributed by atoms with E-state index in [9.17, 15) is 14.9 Å². The summed E-state index contributed by atoms with van der Waals surface area (Å²) in [4.78, 5) is 26.1. The summed E-state index contributed by atoms with van der Waals surface area (Å²) < 4.78 is 0. The van der Waals surface area contributed by atoms with Crippen LogP contribution in [0.4, 0.5) is 17.1 Å². The summed E-state index contributed by atoms with van der Waals surface area (Å²) in [6, 6.07) is 14.6. The van der Waals surface area contributed by atoms with Gasteiger partial charge >= 0.3 is 0 Å². The molecule has 0 atom stereocenters. The molecule has 1 aliphatic heterocycles. The van der Waals surface area contributed by atoms with Gasteiger partial charge in [-0.2, -0.15) is 0 Å². The van der Waals surface area contributed by atoms with Crippen molar-refractivity contribution in [3.63, 3.8) is 0 Å². The number of non-ortho nitro benzene ring substituents is 1. The fraction of sp³-hybridized carbons (Fsp3) is 0.350. The number of carbonyl (C=O) groups is 1. The molecule has 2 aromatic carbocycles. The molecule has 142 valence electrons. The molecule has 0 radical (unpaired) electrons. The van der Waals surface area contributed by atoms with E-state index in [-0.39, 0.29) is 16.5 Å². The molecule has 0 spiro atoms. The van der Waals surface area contributed by atoms with Gasteiger partial charge in [0.05, 0.1) is 31.1 Å². The zero-order valence-corrected chi connectivity index (χ0v) is 15.5. The van der Waals surface area contributed by atoms with Crippen LogP contribution in [0.1, 0.15) is 12.5 Å². The first-order chi connectivity index (χ1) is 13.0. The second kappa shape index (κ2) is 8.64. The van der Waals surface area contributed by atoms with Crippen molar-refractivity contribution in [3.8, 4) is 0 Å². The number of piperazine rings is 1. The number of nitrogens with zero attached hydrogens (tertiary/aromatic N) is 2. The maximum Gasteiger partial charge on any atom is 0.279 e. The van der Waals surface area contributed by atoms with Crippen LogP contribution in [0.15, 0.2) is 48.5 Å². The maximum atomic E-state index is 12.3. The highest BCUT2D eigenvalue weighted by Gasteiger charge is 2.22. The van der Waals surface area contributed by atoms with Gasteiger partial charge < -0.3 is 15.1 Å². The molecular weight excluding hydrogens is 344 g/mol. The second-order valence-electron chi connectivity index (χ2n) is 6.79. The van der Waals surface area contributed by atoms with Crippen LogP contribution in [0.3, 0.4) is 0 Å². The zero-order valence-electron chi connectivity index (χ0n) is 15.5. The summed E-state index contributed by atoms with van der Waals surface area (Å²) in [6.45, 7) is 5.92. The number of hydrogen-bond acceptors (Lipinski definition) is 4. The average Bonchev–Trinajstić information content (AvgIpc) is 2.69. The Morgan fingerprint density at radius 1 is 1.11 bits per heavy atom. The third-order valence-electron chi connectivity index (χ3n) is 4.95. The van der Waals surface area contributed by atoms with Crippen molar-refractivity contribution in [1.82, 2.24) is 0 Å². The summed E-state index contributed by atoms with van der Waals surface area (Å²) in [7, 11) is 0. The minimum absolute atomic E-state index is 0.0260. The minimum Gasteiger partial charge on any atom is -0.360 e. The fourth-order valence-corrected chi connectivity index (χ4v) is 3.30. The summed E-state index contributed by atoms with van der Waals surface area (Å²) >= 11 is 0. The lowest BCUT2D eigenvalue weighted by atomic mass is 10.1. The van der Waals surface area contributed by atoms with Crippen LogP contribution in [0, 0.1) is 10.1 Å². The van der Waals surface area contributed by atoms with Crippen molar-refractivity contribution in [1.29, 1.82) is 0 Å². The van der Waals surface area contributed by atoms with Crippen LogP contribution in [0.25, 0.3) is 0 Å². The minimum atomic E-state index is -0.389. The molecule has 1 fully saturated rings. The highest BCUT2D eigenvalue weighted by Crippen LogP contribution is 2.19.